The lowest BCUT2D eigenvalue weighted by Gasteiger charge is -2.08. The molecule has 1 aromatic carbocycles. The quantitative estimate of drug-likeness (QED) is 0.635. The first-order chi connectivity index (χ1) is 9.56. The zero-order valence-electron chi connectivity index (χ0n) is 12.0. The van der Waals surface area contributed by atoms with Crippen molar-refractivity contribution in [2.75, 3.05) is 32.9 Å². The molecule has 108 valence electrons. The van der Waals surface area contributed by atoms with Gasteiger partial charge in [-0.1, -0.05) is 0 Å². The van der Waals surface area contributed by atoms with E-state index in [1.165, 1.54) is 11.3 Å². The summed E-state index contributed by atoms with van der Waals surface area (Å²) in [5, 5.41) is 4.00. The molecule has 0 atom stereocenters. The van der Waals surface area contributed by atoms with Gasteiger partial charge in [-0.25, -0.2) is 0 Å². The number of unbranched alkanes of at least 4 members (excludes halogenated alkanes) is 1. The van der Waals surface area contributed by atoms with Gasteiger partial charge in [-0.2, -0.15) is 0 Å². The molecule has 20 heavy (non-hydrogen) atoms. The minimum absolute atomic E-state index is 0.00891. The second kappa shape index (κ2) is 6.72. The molecule has 0 saturated carbocycles. The number of carbonyl (C=O) groups excluding carboxylic acids is 1. The fourth-order valence-electron chi connectivity index (χ4n) is 2.02. The average Bonchev–Trinajstić information content (AvgIpc) is 2.80. The van der Waals surface area contributed by atoms with Crippen molar-refractivity contribution in [2.45, 2.75) is 12.8 Å². The molecule has 2 rings (SSSR count). The molecule has 1 aromatic heterocycles. The third-order valence-electron chi connectivity index (χ3n) is 3.08. The molecular formula is C15H21N3OS. The van der Waals surface area contributed by atoms with Crippen LogP contribution in [0.2, 0.25) is 0 Å². The Balaban J connectivity index is 1.88. The Bertz CT molecular complexity index is 592. The number of hydrogen-bond donors (Lipinski definition) is 2. The monoisotopic (exact) mass is 291 g/mol. The highest BCUT2D eigenvalue weighted by Gasteiger charge is 2.09. The van der Waals surface area contributed by atoms with E-state index in [-0.39, 0.29) is 5.91 Å². The van der Waals surface area contributed by atoms with Gasteiger partial charge in [0.05, 0.1) is 4.88 Å². The summed E-state index contributed by atoms with van der Waals surface area (Å²) in [4.78, 5) is 15.0. The topological polar surface area (TPSA) is 58.4 Å². The van der Waals surface area contributed by atoms with Crippen LogP contribution in [0.25, 0.3) is 10.1 Å². The summed E-state index contributed by atoms with van der Waals surface area (Å²) < 4.78 is 1.09. The van der Waals surface area contributed by atoms with Crippen LogP contribution >= 0.6 is 11.3 Å². The van der Waals surface area contributed by atoms with E-state index in [1.807, 2.05) is 24.3 Å². The summed E-state index contributed by atoms with van der Waals surface area (Å²) in [6.07, 6.45) is 2.10. The van der Waals surface area contributed by atoms with Crippen LogP contribution in [0.5, 0.6) is 0 Å². The Labute approximate surface area is 123 Å². The van der Waals surface area contributed by atoms with Crippen LogP contribution < -0.4 is 11.1 Å². The molecule has 4 nitrogen and oxygen atoms in total. The van der Waals surface area contributed by atoms with Gasteiger partial charge in [0.25, 0.3) is 5.91 Å². The van der Waals surface area contributed by atoms with Gasteiger partial charge in [-0.05, 0) is 63.1 Å². The molecule has 0 saturated heterocycles. The Morgan fingerprint density at radius 1 is 1.30 bits per heavy atom. The molecule has 0 aliphatic carbocycles. The maximum Gasteiger partial charge on any atom is 0.261 e. The summed E-state index contributed by atoms with van der Waals surface area (Å²) in [6, 6.07) is 7.64. The van der Waals surface area contributed by atoms with E-state index in [0.29, 0.717) is 0 Å². The number of benzene rings is 1. The Kier molecular flexibility index (Phi) is 4.98. The second-order valence-electron chi connectivity index (χ2n) is 5.17. The second-order valence-corrected chi connectivity index (χ2v) is 6.26. The normalized spacial score (nSPS) is 11.2. The number of rotatable bonds is 6. The number of nitrogen functional groups attached to an aromatic ring is 1. The molecule has 5 heteroatoms. The highest BCUT2D eigenvalue weighted by atomic mass is 32.1. The number of hydrogen-bond acceptors (Lipinski definition) is 4. The van der Waals surface area contributed by atoms with E-state index >= 15 is 0 Å². The van der Waals surface area contributed by atoms with Gasteiger partial charge in [-0.3, -0.25) is 4.79 Å². The molecule has 3 N–H and O–H groups in total. The van der Waals surface area contributed by atoms with Gasteiger partial charge in [0.1, 0.15) is 0 Å². The van der Waals surface area contributed by atoms with Crippen molar-refractivity contribution in [1.82, 2.24) is 10.2 Å². The van der Waals surface area contributed by atoms with Gasteiger partial charge >= 0.3 is 0 Å². The molecule has 0 spiro atoms. The van der Waals surface area contributed by atoms with Crippen LogP contribution in [-0.4, -0.2) is 38.0 Å². The van der Waals surface area contributed by atoms with Crippen molar-refractivity contribution in [3.8, 4) is 0 Å². The smallest absolute Gasteiger partial charge is 0.261 e. The van der Waals surface area contributed by atoms with Crippen molar-refractivity contribution in [1.29, 1.82) is 0 Å². The maximum atomic E-state index is 12.1. The first-order valence-corrected chi connectivity index (χ1v) is 7.60. The molecule has 0 aliphatic rings. The van der Waals surface area contributed by atoms with Crippen molar-refractivity contribution in [3.05, 3.63) is 29.1 Å². The molecule has 1 heterocycles. The summed E-state index contributed by atoms with van der Waals surface area (Å²) in [7, 11) is 4.11. The minimum Gasteiger partial charge on any atom is -0.399 e. The number of thiophene rings is 1. The molecule has 0 radical (unpaired) electrons. The first-order valence-electron chi connectivity index (χ1n) is 6.78. The summed E-state index contributed by atoms with van der Waals surface area (Å²) in [5.41, 5.74) is 6.47. The number of fused-ring (bicyclic) bond motifs is 1. The Morgan fingerprint density at radius 3 is 2.85 bits per heavy atom. The van der Waals surface area contributed by atoms with Gasteiger partial charge < -0.3 is 16.0 Å². The molecular weight excluding hydrogens is 270 g/mol. The summed E-state index contributed by atoms with van der Waals surface area (Å²) in [6.45, 7) is 1.78. The fraction of sp³-hybridized carbons (Fsp3) is 0.400. The van der Waals surface area contributed by atoms with Crippen LogP contribution in [-0.2, 0) is 0 Å². The zero-order valence-corrected chi connectivity index (χ0v) is 12.8. The van der Waals surface area contributed by atoms with Crippen LogP contribution in [0.1, 0.15) is 22.5 Å². The summed E-state index contributed by atoms with van der Waals surface area (Å²) >= 11 is 1.51. The zero-order chi connectivity index (χ0) is 14.5. The Hall–Kier alpha value is -1.59. The van der Waals surface area contributed by atoms with E-state index < -0.39 is 0 Å². The van der Waals surface area contributed by atoms with Crippen molar-refractivity contribution in [3.63, 3.8) is 0 Å². The maximum absolute atomic E-state index is 12.1. The first kappa shape index (κ1) is 14.8. The predicted octanol–water partition coefficient (Wildman–Crippen LogP) is 2.56. The van der Waals surface area contributed by atoms with Gasteiger partial charge in [0.2, 0.25) is 0 Å². The number of anilines is 1. The van der Waals surface area contributed by atoms with Crippen molar-refractivity contribution in [2.24, 2.45) is 0 Å². The molecule has 0 bridgehead atoms. The Morgan fingerprint density at radius 2 is 2.10 bits per heavy atom. The van der Waals surface area contributed by atoms with Gasteiger partial charge in [-0.15, -0.1) is 11.3 Å². The third kappa shape index (κ3) is 3.95. The van der Waals surface area contributed by atoms with Gasteiger partial charge in [0, 0.05) is 16.9 Å². The van der Waals surface area contributed by atoms with Crippen LogP contribution in [0, 0.1) is 0 Å². The number of carbonyl (C=O) groups is 1. The van der Waals surface area contributed by atoms with E-state index in [4.69, 9.17) is 5.73 Å². The third-order valence-corrected chi connectivity index (χ3v) is 4.20. The number of nitrogens with one attached hydrogen (secondary N) is 1. The fourth-order valence-corrected chi connectivity index (χ4v) is 2.98. The standard InChI is InChI=1S/C15H21N3OS/c1-18(2)8-4-3-7-17-15(19)14-10-11-9-12(16)5-6-13(11)20-14/h5-6,9-10H,3-4,7-8,16H2,1-2H3,(H,17,19). The number of nitrogens with zero attached hydrogens (tertiary/aromatic N) is 1. The molecule has 0 unspecified atom stereocenters. The largest absolute Gasteiger partial charge is 0.399 e. The lowest BCUT2D eigenvalue weighted by Crippen LogP contribution is -2.24. The lowest BCUT2D eigenvalue weighted by atomic mass is 10.2. The number of nitrogens with two attached hydrogens (primary N) is 1. The van der Waals surface area contributed by atoms with Gasteiger partial charge in [0.15, 0.2) is 0 Å². The lowest BCUT2D eigenvalue weighted by molar-refractivity contribution is 0.0957. The van der Waals surface area contributed by atoms with Crippen LogP contribution in [0.4, 0.5) is 5.69 Å². The van der Waals surface area contributed by atoms with Crippen molar-refractivity contribution >= 4 is 33.0 Å². The highest BCUT2D eigenvalue weighted by molar-refractivity contribution is 7.20. The number of amides is 1. The minimum atomic E-state index is 0.00891. The van der Waals surface area contributed by atoms with Crippen LogP contribution in [0.3, 0.4) is 0 Å². The van der Waals surface area contributed by atoms with E-state index in [9.17, 15) is 4.79 Å². The highest BCUT2D eigenvalue weighted by Crippen LogP contribution is 2.27. The molecule has 2 aromatic rings. The van der Waals surface area contributed by atoms with Crippen LogP contribution in [0.15, 0.2) is 24.3 Å². The molecule has 0 fully saturated rings. The van der Waals surface area contributed by atoms with E-state index in [2.05, 4.69) is 24.3 Å². The summed E-state index contributed by atoms with van der Waals surface area (Å²) in [5.74, 6) is 0.00891. The van der Waals surface area contributed by atoms with E-state index in [0.717, 1.165) is 46.6 Å². The predicted molar refractivity (Wildman–Crippen MR) is 86.4 cm³/mol. The molecule has 0 aliphatic heterocycles. The van der Waals surface area contributed by atoms with E-state index in [1.54, 1.807) is 0 Å². The van der Waals surface area contributed by atoms with Crippen molar-refractivity contribution < 1.29 is 4.79 Å². The molecule has 1 amide bonds. The average molecular weight is 291 g/mol. The SMILES string of the molecule is CN(C)CCCCNC(=O)c1cc2cc(N)ccc2s1.